The topological polar surface area (TPSA) is 0 Å². The molecule has 0 fully saturated rings. The molecule has 1 rings (SSSR count). The molecule has 0 saturated carbocycles. The van der Waals surface area contributed by atoms with Crippen LogP contribution in [-0.2, 0) is 0 Å². The van der Waals surface area contributed by atoms with E-state index in [0.29, 0.717) is 5.92 Å². The first kappa shape index (κ1) is 6.34. The van der Waals surface area contributed by atoms with Crippen molar-refractivity contribution in [3.05, 3.63) is 36.5 Å². The summed E-state index contributed by atoms with van der Waals surface area (Å²) < 4.78 is 0. The van der Waals surface area contributed by atoms with Crippen LogP contribution in [0.2, 0.25) is 0 Å². The summed E-state index contributed by atoms with van der Waals surface area (Å²) in [7, 11) is 0. The van der Waals surface area contributed by atoms with Crippen molar-refractivity contribution >= 4 is 0 Å². The minimum absolute atomic E-state index is 0.668. The van der Waals surface area contributed by atoms with Gasteiger partial charge in [0, 0.05) is 0 Å². The van der Waals surface area contributed by atoms with Gasteiger partial charge in [0.25, 0.3) is 0 Å². The molecule has 0 amide bonds. The smallest absolute Gasteiger partial charge is 0.00127 e. The van der Waals surface area contributed by atoms with Gasteiger partial charge in [-0.25, -0.2) is 0 Å². The molecule has 0 nitrogen and oxygen atoms in total. The summed E-state index contributed by atoms with van der Waals surface area (Å²) in [5.74, 6) is 0.668. The fourth-order valence-corrected chi connectivity index (χ4v) is 0.928. The second-order valence-electron chi connectivity index (χ2n) is 2.24. The summed E-state index contributed by atoms with van der Waals surface area (Å²) in [5, 5.41) is 0. The van der Waals surface area contributed by atoms with Gasteiger partial charge < -0.3 is 0 Å². The molecule has 0 aliphatic heterocycles. The Morgan fingerprint density at radius 3 is 2.56 bits per heavy atom. The highest BCUT2D eigenvalue weighted by Crippen LogP contribution is 2.12. The Bertz CT molecular complexity index is 137. The van der Waals surface area contributed by atoms with Crippen LogP contribution in [0.15, 0.2) is 36.5 Å². The maximum Gasteiger partial charge on any atom is -0.00127 e. The lowest BCUT2D eigenvalue weighted by Crippen LogP contribution is -1.83. The summed E-state index contributed by atoms with van der Waals surface area (Å²) in [6.07, 6.45) is 14.1. The molecule has 48 valence electrons. The van der Waals surface area contributed by atoms with Crippen molar-refractivity contribution in [2.75, 3.05) is 0 Å². The van der Waals surface area contributed by atoms with Crippen LogP contribution in [0.1, 0.15) is 13.3 Å². The van der Waals surface area contributed by atoms with Crippen LogP contribution in [0.3, 0.4) is 0 Å². The third kappa shape index (κ3) is 1.88. The van der Waals surface area contributed by atoms with Gasteiger partial charge in [0.1, 0.15) is 0 Å². The van der Waals surface area contributed by atoms with Gasteiger partial charge in [-0.1, -0.05) is 36.5 Å². The molecule has 0 atom stereocenters. The van der Waals surface area contributed by atoms with Crippen molar-refractivity contribution in [2.45, 2.75) is 13.3 Å². The van der Waals surface area contributed by atoms with E-state index < -0.39 is 0 Å². The fraction of sp³-hybridized carbons (Fsp3) is 0.333. The van der Waals surface area contributed by atoms with E-state index in [1.54, 1.807) is 0 Å². The number of hydrogen-bond acceptors (Lipinski definition) is 0. The molecule has 1 aliphatic rings. The zero-order valence-electron chi connectivity index (χ0n) is 5.75. The minimum atomic E-state index is 0.668. The van der Waals surface area contributed by atoms with E-state index in [-0.39, 0.29) is 0 Å². The van der Waals surface area contributed by atoms with Crippen molar-refractivity contribution in [2.24, 2.45) is 5.92 Å². The third-order valence-corrected chi connectivity index (χ3v) is 1.47. The van der Waals surface area contributed by atoms with Crippen molar-refractivity contribution in [3.63, 3.8) is 0 Å². The molecule has 0 aromatic rings. The van der Waals surface area contributed by atoms with Gasteiger partial charge in [0.05, 0.1) is 0 Å². The molecular weight excluding hydrogens is 108 g/mol. The van der Waals surface area contributed by atoms with Crippen LogP contribution < -0.4 is 0 Å². The first-order chi connectivity index (χ1) is 4.43. The highest BCUT2D eigenvalue weighted by molar-refractivity contribution is 5.18. The van der Waals surface area contributed by atoms with E-state index in [1.807, 2.05) is 0 Å². The molecular formula is C9H12. The fourth-order valence-electron chi connectivity index (χ4n) is 0.928. The van der Waals surface area contributed by atoms with E-state index >= 15 is 0 Å². The summed E-state index contributed by atoms with van der Waals surface area (Å²) in [5.41, 5.74) is 0. The van der Waals surface area contributed by atoms with Crippen molar-refractivity contribution < 1.29 is 0 Å². The van der Waals surface area contributed by atoms with Crippen LogP contribution in [0.25, 0.3) is 0 Å². The Morgan fingerprint density at radius 1 is 1.33 bits per heavy atom. The average Bonchev–Trinajstić information content (AvgIpc) is 2.34. The summed E-state index contributed by atoms with van der Waals surface area (Å²) >= 11 is 0. The predicted molar refractivity (Wildman–Crippen MR) is 41.2 cm³/mol. The van der Waals surface area contributed by atoms with Crippen LogP contribution in [0, 0.1) is 5.92 Å². The molecule has 0 radical (unpaired) electrons. The predicted octanol–water partition coefficient (Wildman–Crippen LogP) is 2.69. The van der Waals surface area contributed by atoms with Crippen molar-refractivity contribution in [1.29, 1.82) is 0 Å². The van der Waals surface area contributed by atoms with Crippen LogP contribution in [0.5, 0.6) is 0 Å². The van der Waals surface area contributed by atoms with Gasteiger partial charge in [0.15, 0.2) is 0 Å². The largest absolute Gasteiger partial charge is 0.0916 e. The Morgan fingerprint density at radius 2 is 2.00 bits per heavy atom. The van der Waals surface area contributed by atoms with E-state index in [4.69, 9.17) is 0 Å². The van der Waals surface area contributed by atoms with Crippen LogP contribution in [0.4, 0.5) is 0 Å². The molecule has 0 N–H and O–H groups in total. The molecule has 9 heavy (non-hydrogen) atoms. The highest BCUT2D eigenvalue weighted by Gasteiger charge is 1.98. The van der Waals surface area contributed by atoms with Gasteiger partial charge in [-0.2, -0.15) is 0 Å². The van der Waals surface area contributed by atoms with E-state index in [9.17, 15) is 0 Å². The van der Waals surface area contributed by atoms with Gasteiger partial charge in [-0.05, 0) is 19.3 Å². The van der Waals surface area contributed by atoms with E-state index in [2.05, 4.69) is 43.4 Å². The van der Waals surface area contributed by atoms with Crippen LogP contribution in [-0.4, -0.2) is 0 Å². The lowest BCUT2D eigenvalue weighted by molar-refractivity contribution is 0.844. The monoisotopic (exact) mass is 120 g/mol. The molecule has 0 aromatic heterocycles. The van der Waals surface area contributed by atoms with Gasteiger partial charge >= 0.3 is 0 Å². The molecule has 0 heterocycles. The quantitative estimate of drug-likeness (QED) is 0.491. The van der Waals surface area contributed by atoms with Crippen molar-refractivity contribution in [3.8, 4) is 0 Å². The Kier molecular flexibility index (Phi) is 2.32. The second kappa shape index (κ2) is 3.29. The molecule has 0 spiro atoms. The van der Waals surface area contributed by atoms with E-state index in [0.717, 1.165) is 6.42 Å². The van der Waals surface area contributed by atoms with E-state index in [1.165, 1.54) is 0 Å². The Labute approximate surface area is 56.6 Å². The third-order valence-electron chi connectivity index (χ3n) is 1.47. The zero-order valence-corrected chi connectivity index (χ0v) is 5.75. The summed E-state index contributed by atoms with van der Waals surface area (Å²) in [6, 6.07) is 0. The normalized spacial score (nSPS) is 18.3. The lowest BCUT2D eigenvalue weighted by Gasteiger charge is -1.96. The van der Waals surface area contributed by atoms with Crippen molar-refractivity contribution in [1.82, 2.24) is 0 Å². The second-order valence-corrected chi connectivity index (χ2v) is 2.24. The molecule has 0 saturated heterocycles. The zero-order chi connectivity index (χ0) is 6.53. The molecule has 0 unspecified atom stereocenters. The maximum absolute atomic E-state index is 2.22. The minimum Gasteiger partial charge on any atom is -0.0916 e. The average molecular weight is 120 g/mol. The molecule has 0 bridgehead atoms. The summed E-state index contributed by atoms with van der Waals surface area (Å²) in [4.78, 5) is 0. The summed E-state index contributed by atoms with van der Waals surface area (Å²) in [6.45, 7) is 2.06. The SMILES string of the molecule is CC=CCC1C=CC=C1. The number of allylic oxidation sites excluding steroid dienone is 6. The van der Waals surface area contributed by atoms with Gasteiger partial charge in [-0.15, -0.1) is 0 Å². The first-order valence-electron chi connectivity index (χ1n) is 3.39. The Hall–Kier alpha value is -0.780. The first-order valence-corrected chi connectivity index (χ1v) is 3.39. The van der Waals surface area contributed by atoms with Crippen LogP contribution >= 0.6 is 0 Å². The van der Waals surface area contributed by atoms with Gasteiger partial charge in [-0.3, -0.25) is 0 Å². The Balaban J connectivity index is 2.29. The molecule has 0 aromatic carbocycles. The molecule has 0 heteroatoms. The molecule has 1 aliphatic carbocycles. The lowest BCUT2D eigenvalue weighted by atomic mass is 10.1. The van der Waals surface area contributed by atoms with Gasteiger partial charge in [0.2, 0.25) is 0 Å². The highest BCUT2D eigenvalue weighted by atomic mass is 14.0. The number of rotatable bonds is 2. The number of hydrogen-bond donors (Lipinski definition) is 0. The maximum atomic E-state index is 2.22. The standard InChI is InChI=1S/C9H12/c1-2-3-6-9-7-4-5-8-9/h2-5,7-9H,6H2,1H3.